The molecule has 0 saturated heterocycles. The van der Waals surface area contributed by atoms with Crippen LogP contribution in [0.1, 0.15) is 123 Å². The molecule has 9 nitrogen and oxygen atoms in total. The molecule has 1 unspecified atom stereocenters. The number of allylic oxidation sites excluding steroid dienone is 5. The van der Waals surface area contributed by atoms with E-state index in [2.05, 4.69) is 30.5 Å². The van der Waals surface area contributed by atoms with Crippen molar-refractivity contribution in [2.75, 3.05) is 13.2 Å². The number of aliphatic hydroxyl groups is 1. The van der Waals surface area contributed by atoms with Gasteiger partial charge in [-0.3, -0.25) is 14.1 Å². The Balaban J connectivity index is 4.12. The number of phosphoric ester groups is 1. The van der Waals surface area contributed by atoms with Crippen LogP contribution in [0.5, 0.6) is 0 Å². The number of hydrogen-bond donors (Lipinski definition) is 3. The number of aliphatic hydroxyl groups excluding tert-OH is 1. The molecule has 3 N–H and O–H groups in total. The summed E-state index contributed by atoms with van der Waals surface area (Å²) in [5, 5.41) is 10.0. The molecule has 0 aromatic heterocycles. The summed E-state index contributed by atoms with van der Waals surface area (Å²) in [7, 11) is -4.76. The molecular weight excluding hydrogens is 547 g/mol. The summed E-state index contributed by atoms with van der Waals surface area (Å²) in [6.07, 6.45) is 24.9. The maximum Gasteiger partial charge on any atom is 0.469 e. The smallest absolute Gasteiger partial charge is 0.462 e. The van der Waals surface area contributed by atoms with E-state index in [1.165, 1.54) is 19.3 Å². The Bertz CT molecular complexity index is 788. The van der Waals surface area contributed by atoms with Crippen molar-refractivity contribution in [1.82, 2.24) is 0 Å². The van der Waals surface area contributed by atoms with E-state index in [-0.39, 0.29) is 19.4 Å². The second-order valence-electron chi connectivity index (χ2n) is 10.3. The lowest BCUT2D eigenvalue weighted by Crippen LogP contribution is -2.29. The lowest BCUT2D eigenvalue weighted by Gasteiger charge is -2.18. The number of ether oxygens (including phenoxy) is 2. The van der Waals surface area contributed by atoms with Crippen LogP contribution >= 0.6 is 7.82 Å². The quantitative estimate of drug-likeness (QED) is 0.0291. The summed E-state index contributed by atoms with van der Waals surface area (Å²) in [5.74, 6) is -0.973. The molecule has 238 valence electrons. The van der Waals surface area contributed by atoms with E-state index in [1.807, 2.05) is 18.2 Å². The molecule has 0 aliphatic rings. The van der Waals surface area contributed by atoms with Crippen molar-refractivity contribution in [2.24, 2.45) is 0 Å². The minimum Gasteiger partial charge on any atom is -0.462 e. The van der Waals surface area contributed by atoms with Gasteiger partial charge in [-0.05, 0) is 32.1 Å². The molecule has 0 amide bonds. The molecule has 0 aliphatic heterocycles. The molecule has 0 spiro atoms. The zero-order chi connectivity index (χ0) is 30.6. The molecule has 0 heterocycles. The number of hydrogen-bond acceptors (Lipinski definition) is 7. The van der Waals surface area contributed by atoms with Crippen LogP contribution in [0.25, 0.3) is 0 Å². The molecule has 0 fully saturated rings. The monoisotopic (exact) mass is 602 g/mol. The van der Waals surface area contributed by atoms with Crippen LogP contribution in [0.3, 0.4) is 0 Å². The van der Waals surface area contributed by atoms with Gasteiger partial charge in [0.25, 0.3) is 0 Å². The zero-order valence-electron chi connectivity index (χ0n) is 25.3. The first kappa shape index (κ1) is 39.2. The van der Waals surface area contributed by atoms with E-state index in [0.29, 0.717) is 19.3 Å². The minimum absolute atomic E-state index is 0.190. The van der Waals surface area contributed by atoms with Crippen LogP contribution < -0.4 is 0 Å². The van der Waals surface area contributed by atoms with E-state index >= 15 is 0 Å². The van der Waals surface area contributed by atoms with Gasteiger partial charge in [-0.25, -0.2) is 4.57 Å². The van der Waals surface area contributed by atoms with E-state index in [0.717, 1.165) is 57.8 Å². The molecule has 0 rings (SSSR count). The summed E-state index contributed by atoms with van der Waals surface area (Å²) in [6.45, 7) is 3.37. The van der Waals surface area contributed by atoms with Gasteiger partial charge in [0, 0.05) is 12.8 Å². The van der Waals surface area contributed by atoms with E-state index in [4.69, 9.17) is 19.3 Å². The number of carbonyl (C=O) groups excluding carboxylic acids is 2. The van der Waals surface area contributed by atoms with Gasteiger partial charge in [0.05, 0.1) is 12.7 Å². The first-order valence-electron chi connectivity index (χ1n) is 15.4. The van der Waals surface area contributed by atoms with Crippen molar-refractivity contribution in [2.45, 2.75) is 135 Å². The van der Waals surface area contributed by atoms with Gasteiger partial charge < -0.3 is 24.4 Å². The molecule has 41 heavy (non-hydrogen) atoms. The molecule has 0 aromatic carbocycles. The summed E-state index contributed by atoms with van der Waals surface area (Å²) < 4.78 is 26.0. The Hall–Kier alpha value is -1.77. The van der Waals surface area contributed by atoms with Gasteiger partial charge in [0.2, 0.25) is 0 Å². The Morgan fingerprint density at radius 3 is 2.00 bits per heavy atom. The number of unbranched alkanes of at least 4 members (excludes halogenated alkanes) is 10. The predicted octanol–water partition coefficient (Wildman–Crippen LogP) is 7.25. The molecule has 0 aliphatic carbocycles. The summed E-state index contributed by atoms with van der Waals surface area (Å²) in [6, 6.07) is 0. The highest BCUT2D eigenvalue weighted by Gasteiger charge is 2.22. The highest BCUT2D eigenvalue weighted by atomic mass is 31.2. The van der Waals surface area contributed by atoms with Crippen molar-refractivity contribution in [3.63, 3.8) is 0 Å². The normalized spacial score (nSPS) is 13.8. The average molecular weight is 603 g/mol. The lowest BCUT2D eigenvalue weighted by atomic mass is 10.1. The first-order chi connectivity index (χ1) is 19.7. The van der Waals surface area contributed by atoms with Crippen LogP contribution in [0.2, 0.25) is 0 Å². The Morgan fingerprint density at radius 1 is 0.756 bits per heavy atom. The van der Waals surface area contributed by atoms with Gasteiger partial charge >= 0.3 is 19.8 Å². The van der Waals surface area contributed by atoms with Crippen molar-refractivity contribution in [3.05, 3.63) is 36.5 Å². The van der Waals surface area contributed by atoms with E-state index in [1.54, 1.807) is 6.08 Å². The van der Waals surface area contributed by atoms with Crippen LogP contribution in [0.4, 0.5) is 0 Å². The fraction of sp³-hybridized carbons (Fsp3) is 0.742. The van der Waals surface area contributed by atoms with Crippen LogP contribution in [0.15, 0.2) is 36.5 Å². The standard InChI is InChI=1S/C31H55O9P/c1-3-5-7-9-11-14-18-22-28(32)23-19-15-13-17-20-24-30(33)38-26-29(27-39-41(35,36)37)40-31(34)25-21-16-12-10-8-6-4-2/h5,7,11,14,18,22,28-29,32H,3-4,6,8-10,12-13,15-17,19-21,23-27H2,1-2H3,(H2,35,36,37)/b7-5+,14-11+,22-18+/t28?,29-/m1/s1. The number of phosphoric acid groups is 1. The third-order valence-electron chi connectivity index (χ3n) is 6.28. The fourth-order valence-electron chi connectivity index (χ4n) is 3.97. The summed E-state index contributed by atoms with van der Waals surface area (Å²) >= 11 is 0. The maximum absolute atomic E-state index is 12.2. The minimum atomic E-state index is -4.76. The highest BCUT2D eigenvalue weighted by Crippen LogP contribution is 2.35. The van der Waals surface area contributed by atoms with E-state index < -0.39 is 38.6 Å². The fourth-order valence-corrected chi connectivity index (χ4v) is 4.33. The second-order valence-corrected chi connectivity index (χ2v) is 11.5. The second kappa shape index (κ2) is 27.1. The van der Waals surface area contributed by atoms with Crippen LogP contribution in [0, 0.1) is 0 Å². The lowest BCUT2D eigenvalue weighted by molar-refractivity contribution is -0.161. The van der Waals surface area contributed by atoms with Gasteiger partial charge in [0.1, 0.15) is 6.61 Å². The van der Waals surface area contributed by atoms with Crippen LogP contribution in [-0.2, 0) is 28.2 Å². The topological polar surface area (TPSA) is 140 Å². The van der Waals surface area contributed by atoms with Gasteiger partial charge in [0.15, 0.2) is 6.10 Å². The Labute approximate surface area is 247 Å². The maximum atomic E-state index is 12.2. The van der Waals surface area contributed by atoms with Crippen molar-refractivity contribution >= 4 is 19.8 Å². The van der Waals surface area contributed by atoms with Crippen LogP contribution in [-0.4, -0.2) is 52.3 Å². The SMILES string of the molecule is CC/C=C/C/C=C/C=C/C(O)CCCCCCCC(=O)OC[C@H](COP(=O)(O)O)OC(=O)CCCCCCCCC. The van der Waals surface area contributed by atoms with E-state index in [9.17, 15) is 19.3 Å². The summed E-state index contributed by atoms with van der Waals surface area (Å²) in [5.41, 5.74) is 0. The molecule has 0 radical (unpaired) electrons. The van der Waals surface area contributed by atoms with Crippen molar-refractivity contribution < 1.29 is 43.0 Å². The van der Waals surface area contributed by atoms with Crippen molar-refractivity contribution in [1.29, 1.82) is 0 Å². The highest BCUT2D eigenvalue weighted by molar-refractivity contribution is 7.46. The van der Waals surface area contributed by atoms with Crippen molar-refractivity contribution in [3.8, 4) is 0 Å². The molecule has 0 bridgehead atoms. The third-order valence-corrected chi connectivity index (χ3v) is 6.76. The average Bonchev–Trinajstić information content (AvgIpc) is 2.92. The Kier molecular flexibility index (Phi) is 25.9. The van der Waals surface area contributed by atoms with Gasteiger partial charge in [-0.15, -0.1) is 0 Å². The number of carbonyl (C=O) groups is 2. The first-order valence-corrected chi connectivity index (χ1v) is 16.9. The molecule has 2 atom stereocenters. The molecule has 0 saturated carbocycles. The molecular formula is C31H55O9P. The largest absolute Gasteiger partial charge is 0.469 e. The van der Waals surface area contributed by atoms with Gasteiger partial charge in [-0.2, -0.15) is 0 Å². The predicted molar refractivity (Wildman–Crippen MR) is 162 cm³/mol. The summed E-state index contributed by atoms with van der Waals surface area (Å²) in [4.78, 5) is 42.2. The Morgan fingerprint density at radius 2 is 1.37 bits per heavy atom. The molecule has 10 heteroatoms. The third kappa shape index (κ3) is 29.5. The number of rotatable bonds is 27. The van der Waals surface area contributed by atoms with Gasteiger partial charge in [-0.1, -0.05) is 115 Å². The number of esters is 2. The zero-order valence-corrected chi connectivity index (χ0v) is 26.2. The molecule has 0 aromatic rings.